The Balaban J connectivity index is 0.000000138. The summed E-state index contributed by atoms with van der Waals surface area (Å²) in [5.74, 6) is 0. The van der Waals surface area contributed by atoms with Gasteiger partial charge in [0.2, 0.25) is 0 Å². The number of fused-ring (bicyclic) bond motifs is 6. The van der Waals surface area contributed by atoms with Crippen molar-refractivity contribution in [1.82, 2.24) is 0 Å². The van der Waals surface area contributed by atoms with Crippen molar-refractivity contribution in [1.29, 1.82) is 0 Å². The normalized spacial score (nSPS) is 13.9. The first-order valence-corrected chi connectivity index (χ1v) is 18.6. The average molecular weight is 870 g/mol. The summed E-state index contributed by atoms with van der Waals surface area (Å²) in [4.78, 5) is 0. The second-order valence-corrected chi connectivity index (χ2v) is 16.3. The van der Waals surface area contributed by atoms with Crippen LogP contribution < -0.4 is 5.46 Å². The summed E-state index contributed by atoms with van der Waals surface area (Å²) in [7, 11) is -1.41. The highest BCUT2D eigenvalue weighted by atomic mass is 127. The van der Waals surface area contributed by atoms with Gasteiger partial charge in [0.05, 0.1) is 0 Å². The van der Waals surface area contributed by atoms with Crippen LogP contribution in [0.1, 0.15) is 49.9 Å². The van der Waals surface area contributed by atoms with E-state index in [0.717, 1.165) is 14.5 Å². The van der Waals surface area contributed by atoms with Crippen LogP contribution in [0.5, 0.6) is 0 Å². The number of rotatable bonds is 2. The molecule has 48 heavy (non-hydrogen) atoms. The lowest BCUT2D eigenvalue weighted by Crippen LogP contribution is -2.30. The van der Waals surface area contributed by atoms with Crippen molar-refractivity contribution in [3.63, 3.8) is 0 Å². The van der Waals surface area contributed by atoms with E-state index in [2.05, 4.69) is 173 Å². The predicted octanol–water partition coefficient (Wildman–Crippen LogP) is 11.1. The Morgan fingerprint density at radius 3 is 1.40 bits per heavy atom. The van der Waals surface area contributed by atoms with Crippen molar-refractivity contribution < 1.29 is 10.0 Å². The zero-order valence-electron chi connectivity index (χ0n) is 27.3. The number of hydrogen-bond donors (Lipinski definition) is 2. The average Bonchev–Trinajstić information content (AvgIpc) is 3.46. The maximum Gasteiger partial charge on any atom is 0.488 e. The Hall–Kier alpha value is -3.01. The standard InChI is InChI=1S/C21H17Br.C15H15BO2.C6H4BrI/c1-21(2)19-6-4-3-5-17(19)18-13-15(9-12-20(18)21)14-7-10-16(22)11-8-14;1-15(2)13-6-4-3-5-11(13)12-9-10(16(17)18)7-8-14(12)15;7-5-1-3-6(8)4-2-5/h3-13H,1-2H3;3-9,17-18H,1-2H3;1-4H. The molecule has 0 spiro atoms. The summed E-state index contributed by atoms with van der Waals surface area (Å²) >= 11 is 9.12. The van der Waals surface area contributed by atoms with Crippen molar-refractivity contribution in [2.24, 2.45) is 0 Å². The minimum atomic E-state index is -1.41. The molecule has 2 aliphatic carbocycles. The van der Waals surface area contributed by atoms with E-state index in [0.29, 0.717) is 5.46 Å². The van der Waals surface area contributed by atoms with Crippen LogP contribution in [-0.4, -0.2) is 17.2 Å². The van der Waals surface area contributed by atoms with Crippen LogP contribution >= 0.6 is 54.5 Å². The number of halogens is 3. The maximum absolute atomic E-state index is 9.29. The molecule has 0 aromatic heterocycles. The molecular formula is C42H36BBr2IO2. The zero-order chi connectivity index (χ0) is 34.2. The van der Waals surface area contributed by atoms with Gasteiger partial charge in [0.25, 0.3) is 0 Å². The van der Waals surface area contributed by atoms with Gasteiger partial charge >= 0.3 is 7.12 Å². The molecule has 2 aliphatic rings. The zero-order valence-corrected chi connectivity index (χ0v) is 32.6. The van der Waals surface area contributed by atoms with Gasteiger partial charge in [-0.05, 0) is 126 Å². The summed E-state index contributed by atoms with van der Waals surface area (Å²) in [5.41, 5.74) is 13.6. The second-order valence-electron chi connectivity index (χ2n) is 13.2. The molecule has 0 aliphatic heterocycles. The smallest absolute Gasteiger partial charge is 0.423 e. The first-order valence-electron chi connectivity index (χ1n) is 15.9. The first-order chi connectivity index (χ1) is 22.9. The van der Waals surface area contributed by atoms with Crippen molar-refractivity contribution in [2.75, 3.05) is 0 Å². The highest BCUT2D eigenvalue weighted by Gasteiger charge is 2.36. The minimum Gasteiger partial charge on any atom is -0.423 e. The Kier molecular flexibility index (Phi) is 10.2. The van der Waals surface area contributed by atoms with Crippen LogP contribution in [0.4, 0.5) is 0 Å². The third-order valence-electron chi connectivity index (χ3n) is 9.47. The highest BCUT2D eigenvalue weighted by molar-refractivity contribution is 14.1. The van der Waals surface area contributed by atoms with Gasteiger partial charge in [0, 0.05) is 23.3 Å². The van der Waals surface area contributed by atoms with E-state index in [9.17, 15) is 10.0 Å². The molecule has 8 rings (SSSR count). The highest BCUT2D eigenvalue weighted by Crippen LogP contribution is 2.50. The molecule has 0 heterocycles. The third kappa shape index (κ3) is 6.88. The van der Waals surface area contributed by atoms with Gasteiger partial charge in [-0.15, -0.1) is 0 Å². The lowest BCUT2D eigenvalue weighted by Gasteiger charge is -2.21. The topological polar surface area (TPSA) is 40.5 Å². The quantitative estimate of drug-likeness (QED) is 0.134. The van der Waals surface area contributed by atoms with Gasteiger partial charge in [-0.3, -0.25) is 0 Å². The number of benzene rings is 6. The van der Waals surface area contributed by atoms with Crippen molar-refractivity contribution in [2.45, 2.75) is 38.5 Å². The van der Waals surface area contributed by atoms with E-state index in [1.807, 2.05) is 36.4 Å². The Bertz CT molecular complexity index is 2070. The molecular weight excluding hydrogens is 834 g/mol. The van der Waals surface area contributed by atoms with Gasteiger partial charge in [-0.1, -0.05) is 151 Å². The number of hydrogen-bond acceptors (Lipinski definition) is 2. The monoisotopic (exact) mass is 868 g/mol. The maximum atomic E-state index is 9.29. The minimum absolute atomic E-state index is 0.0230. The molecule has 0 radical (unpaired) electrons. The first kappa shape index (κ1) is 34.8. The second kappa shape index (κ2) is 14.1. The predicted molar refractivity (Wildman–Crippen MR) is 218 cm³/mol. The molecule has 0 amide bonds. The van der Waals surface area contributed by atoms with Gasteiger partial charge in [-0.2, -0.15) is 0 Å². The van der Waals surface area contributed by atoms with Crippen LogP contribution in [0.15, 0.2) is 142 Å². The Morgan fingerprint density at radius 2 is 0.896 bits per heavy atom. The van der Waals surface area contributed by atoms with E-state index in [1.165, 1.54) is 53.6 Å². The lowest BCUT2D eigenvalue weighted by atomic mass is 9.77. The molecule has 2 N–H and O–H groups in total. The SMILES string of the molecule is Brc1ccc(I)cc1.CC1(C)c2ccccc2-c2cc(-c3ccc(Br)cc3)ccc21.CC1(C)c2ccccc2-c2cc(B(O)O)ccc21. The molecule has 0 fully saturated rings. The van der Waals surface area contributed by atoms with Crippen LogP contribution in [-0.2, 0) is 10.8 Å². The molecule has 240 valence electrons. The summed E-state index contributed by atoms with van der Waals surface area (Å²) < 4.78 is 3.52. The molecule has 6 aromatic carbocycles. The van der Waals surface area contributed by atoms with E-state index in [-0.39, 0.29) is 10.8 Å². The molecule has 2 nitrogen and oxygen atoms in total. The molecule has 0 unspecified atom stereocenters. The van der Waals surface area contributed by atoms with Crippen LogP contribution in [0.3, 0.4) is 0 Å². The van der Waals surface area contributed by atoms with Gasteiger partial charge < -0.3 is 10.0 Å². The van der Waals surface area contributed by atoms with Gasteiger partial charge in [-0.25, -0.2) is 0 Å². The van der Waals surface area contributed by atoms with Crippen LogP contribution in [0.2, 0.25) is 0 Å². The van der Waals surface area contributed by atoms with Gasteiger partial charge in [0.1, 0.15) is 0 Å². The fraction of sp³-hybridized carbons (Fsp3) is 0.143. The summed E-state index contributed by atoms with van der Waals surface area (Å²) in [6.07, 6.45) is 0. The fourth-order valence-corrected chi connectivity index (χ4v) is 7.76. The van der Waals surface area contributed by atoms with E-state index >= 15 is 0 Å². The van der Waals surface area contributed by atoms with E-state index < -0.39 is 7.12 Å². The molecule has 0 atom stereocenters. The van der Waals surface area contributed by atoms with E-state index in [4.69, 9.17) is 0 Å². The van der Waals surface area contributed by atoms with Crippen LogP contribution in [0, 0.1) is 3.57 Å². The lowest BCUT2D eigenvalue weighted by molar-refractivity contribution is 0.426. The Morgan fingerprint density at radius 1 is 0.479 bits per heavy atom. The molecule has 0 bridgehead atoms. The largest absolute Gasteiger partial charge is 0.488 e. The fourth-order valence-electron chi connectivity index (χ4n) is 6.87. The van der Waals surface area contributed by atoms with Crippen LogP contribution in [0.25, 0.3) is 33.4 Å². The Labute approximate surface area is 314 Å². The molecule has 6 aromatic rings. The third-order valence-corrected chi connectivity index (χ3v) is 11.2. The van der Waals surface area contributed by atoms with E-state index in [1.54, 1.807) is 6.07 Å². The van der Waals surface area contributed by atoms with Crippen molar-refractivity contribution in [3.05, 3.63) is 168 Å². The van der Waals surface area contributed by atoms with Crippen molar-refractivity contribution in [3.8, 4) is 33.4 Å². The van der Waals surface area contributed by atoms with Gasteiger partial charge in [0.15, 0.2) is 0 Å². The summed E-state index contributed by atoms with van der Waals surface area (Å²) in [6.45, 7) is 9.04. The molecule has 6 heteroatoms. The molecule has 0 saturated heterocycles. The summed E-state index contributed by atoms with van der Waals surface area (Å²) in [5, 5.41) is 18.6. The van der Waals surface area contributed by atoms with Crippen molar-refractivity contribution >= 4 is 67.0 Å². The molecule has 0 saturated carbocycles. The summed E-state index contributed by atoms with van der Waals surface area (Å²) in [6, 6.07) is 46.3.